The van der Waals surface area contributed by atoms with E-state index < -0.39 is 6.04 Å². The third kappa shape index (κ3) is 2.12. The number of nitrogens with zero attached hydrogens (tertiary/aromatic N) is 2. The zero-order chi connectivity index (χ0) is 16.8. The van der Waals surface area contributed by atoms with Gasteiger partial charge in [-0.25, -0.2) is 9.69 Å². The monoisotopic (exact) mass is 320 g/mol. The Hall–Kier alpha value is -2.95. The summed E-state index contributed by atoms with van der Waals surface area (Å²) in [6.07, 6.45) is 0.544. The number of hydrogen-bond donors (Lipinski definition) is 0. The molecule has 120 valence electrons. The summed E-state index contributed by atoms with van der Waals surface area (Å²) in [5, 5.41) is 0. The molecule has 1 saturated heterocycles. The molecule has 0 spiro atoms. The Morgan fingerprint density at radius 3 is 2.33 bits per heavy atom. The molecule has 5 nitrogen and oxygen atoms in total. The van der Waals surface area contributed by atoms with Crippen molar-refractivity contribution in [3.8, 4) is 0 Å². The Morgan fingerprint density at radius 2 is 1.67 bits per heavy atom. The molecule has 2 aromatic rings. The second-order valence-corrected chi connectivity index (χ2v) is 6.18. The summed E-state index contributed by atoms with van der Waals surface area (Å²) in [5.41, 5.74) is 3.27. The number of ketones is 1. The van der Waals surface area contributed by atoms with E-state index in [0.29, 0.717) is 24.2 Å². The average Bonchev–Trinajstić information content (AvgIpc) is 2.84. The van der Waals surface area contributed by atoms with Crippen LogP contribution in [0.3, 0.4) is 0 Å². The molecule has 3 amide bonds. The van der Waals surface area contributed by atoms with E-state index in [1.54, 1.807) is 29.2 Å². The zero-order valence-corrected chi connectivity index (χ0v) is 13.2. The van der Waals surface area contributed by atoms with E-state index in [1.165, 1.54) is 11.8 Å². The van der Waals surface area contributed by atoms with Crippen molar-refractivity contribution in [1.82, 2.24) is 4.90 Å². The Bertz CT molecular complexity index is 814. The lowest BCUT2D eigenvalue weighted by Gasteiger charge is -2.28. The molecular formula is C19H16N2O3. The van der Waals surface area contributed by atoms with Crippen LogP contribution in [0.1, 0.15) is 28.4 Å². The second kappa shape index (κ2) is 5.30. The molecule has 2 heterocycles. The van der Waals surface area contributed by atoms with Crippen LogP contribution >= 0.6 is 0 Å². The number of benzene rings is 2. The van der Waals surface area contributed by atoms with Crippen molar-refractivity contribution in [3.63, 3.8) is 0 Å². The largest absolute Gasteiger partial charge is 0.332 e. The van der Waals surface area contributed by atoms with Gasteiger partial charge in [0, 0.05) is 18.5 Å². The van der Waals surface area contributed by atoms with Crippen molar-refractivity contribution in [2.45, 2.75) is 25.9 Å². The number of carbonyl (C=O) groups excluding carboxylic acids is 3. The van der Waals surface area contributed by atoms with Crippen molar-refractivity contribution < 1.29 is 14.4 Å². The predicted octanol–water partition coefficient (Wildman–Crippen LogP) is 2.78. The van der Waals surface area contributed by atoms with Crippen LogP contribution < -0.4 is 4.90 Å². The molecule has 5 heteroatoms. The van der Waals surface area contributed by atoms with Crippen molar-refractivity contribution in [1.29, 1.82) is 0 Å². The number of anilines is 1. The van der Waals surface area contributed by atoms with Gasteiger partial charge in [-0.1, -0.05) is 24.3 Å². The molecule has 4 rings (SSSR count). The molecule has 1 fully saturated rings. The van der Waals surface area contributed by atoms with Gasteiger partial charge in [-0.15, -0.1) is 0 Å². The number of Topliss-reactive ketones (excluding diaryl/α,β-unsaturated/α-hetero) is 1. The van der Waals surface area contributed by atoms with Crippen LogP contribution in [-0.4, -0.2) is 28.7 Å². The first-order valence-corrected chi connectivity index (χ1v) is 7.88. The van der Waals surface area contributed by atoms with Crippen molar-refractivity contribution in [2.75, 3.05) is 4.90 Å². The molecule has 0 saturated carbocycles. The lowest BCUT2D eigenvalue weighted by atomic mass is 9.95. The highest BCUT2D eigenvalue weighted by molar-refractivity contribution is 6.21. The van der Waals surface area contributed by atoms with Gasteiger partial charge in [0.25, 0.3) is 5.91 Å². The molecule has 0 bridgehead atoms. The first-order chi connectivity index (χ1) is 11.6. The molecule has 0 unspecified atom stereocenters. The van der Waals surface area contributed by atoms with E-state index in [-0.39, 0.29) is 17.7 Å². The maximum absolute atomic E-state index is 12.8. The summed E-state index contributed by atoms with van der Waals surface area (Å²) >= 11 is 0. The number of hydrogen-bond acceptors (Lipinski definition) is 3. The van der Waals surface area contributed by atoms with E-state index in [1.807, 2.05) is 24.3 Å². The van der Waals surface area contributed by atoms with Crippen LogP contribution in [0, 0.1) is 0 Å². The maximum atomic E-state index is 12.8. The fourth-order valence-electron chi connectivity index (χ4n) is 3.40. The summed E-state index contributed by atoms with van der Waals surface area (Å²) in [6.45, 7) is 1.94. The molecule has 1 atom stereocenters. The standard InChI is InChI=1S/C19H16N2O3/c1-12(22)13-6-8-16(9-7-13)21-18(23)17-10-14-4-2-3-5-15(14)11-20(17)19(21)24/h2-9,17H,10-11H2,1H3/t17-/m0/s1. The summed E-state index contributed by atoms with van der Waals surface area (Å²) in [4.78, 5) is 39.8. The van der Waals surface area contributed by atoms with Crippen molar-refractivity contribution in [2.24, 2.45) is 0 Å². The zero-order valence-electron chi connectivity index (χ0n) is 13.2. The van der Waals surface area contributed by atoms with Crippen LogP contribution in [0.5, 0.6) is 0 Å². The van der Waals surface area contributed by atoms with E-state index in [9.17, 15) is 14.4 Å². The molecule has 2 aliphatic rings. The van der Waals surface area contributed by atoms with Crippen LogP contribution in [0.4, 0.5) is 10.5 Å². The van der Waals surface area contributed by atoms with Gasteiger partial charge in [0.15, 0.2) is 5.78 Å². The minimum absolute atomic E-state index is 0.0477. The summed E-state index contributed by atoms with van der Waals surface area (Å²) in [7, 11) is 0. The van der Waals surface area contributed by atoms with Crippen LogP contribution in [0.25, 0.3) is 0 Å². The Kier molecular flexibility index (Phi) is 3.23. The number of carbonyl (C=O) groups is 3. The lowest BCUT2D eigenvalue weighted by Crippen LogP contribution is -2.39. The van der Waals surface area contributed by atoms with Gasteiger partial charge >= 0.3 is 6.03 Å². The number of rotatable bonds is 2. The summed E-state index contributed by atoms with van der Waals surface area (Å²) < 4.78 is 0. The van der Waals surface area contributed by atoms with Crippen LogP contribution in [-0.2, 0) is 17.8 Å². The van der Waals surface area contributed by atoms with E-state index >= 15 is 0 Å². The quantitative estimate of drug-likeness (QED) is 0.631. The minimum atomic E-state index is -0.445. The molecule has 24 heavy (non-hydrogen) atoms. The average molecular weight is 320 g/mol. The molecule has 0 aromatic heterocycles. The third-order valence-corrected chi connectivity index (χ3v) is 4.72. The van der Waals surface area contributed by atoms with Gasteiger partial charge in [0.2, 0.25) is 0 Å². The molecule has 0 aliphatic carbocycles. The van der Waals surface area contributed by atoms with Gasteiger partial charge in [-0.05, 0) is 42.3 Å². The Balaban J connectivity index is 1.67. The highest BCUT2D eigenvalue weighted by atomic mass is 16.2. The second-order valence-electron chi connectivity index (χ2n) is 6.18. The number of imide groups is 1. The van der Waals surface area contributed by atoms with Crippen LogP contribution in [0.15, 0.2) is 48.5 Å². The number of amides is 3. The van der Waals surface area contributed by atoms with Gasteiger partial charge in [0.05, 0.1) is 5.69 Å². The number of fused-ring (bicyclic) bond motifs is 2. The fourth-order valence-corrected chi connectivity index (χ4v) is 3.40. The Labute approximate surface area is 139 Å². The van der Waals surface area contributed by atoms with Gasteiger partial charge in [0.1, 0.15) is 6.04 Å². The van der Waals surface area contributed by atoms with E-state index in [0.717, 1.165) is 11.1 Å². The first kappa shape index (κ1) is 14.6. The molecular weight excluding hydrogens is 304 g/mol. The highest BCUT2D eigenvalue weighted by Gasteiger charge is 2.47. The predicted molar refractivity (Wildman–Crippen MR) is 88.8 cm³/mol. The van der Waals surface area contributed by atoms with Gasteiger partial charge in [-0.3, -0.25) is 9.59 Å². The Morgan fingerprint density at radius 1 is 1.00 bits per heavy atom. The topological polar surface area (TPSA) is 57.7 Å². The van der Waals surface area contributed by atoms with Gasteiger partial charge < -0.3 is 4.90 Å². The third-order valence-electron chi connectivity index (χ3n) is 4.72. The summed E-state index contributed by atoms with van der Waals surface area (Å²) in [6, 6.07) is 13.7. The van der Waals surface area contributed by atoms with Crippen molar-refractivity contribution >= 4 is 23.4 Å². The van der Waals surface area contributed by atoms with Crippen molar-refractivity contribution in [3.05, 3.63) is 65.2 Å². The highest BCUT2D eigenvalue weighted by Crippen LogP contribution is 2.32. The fraction of sp³-hybridized carbons (Fsp3) is 0.211. The SMILES string of the molecule is CC(=O)c1ccc(N2C(=O)[C@@H]3Cc4ccccc4CN3C2=O)cc1. The minimum Gasteiger partial charge on any atom is -0.307 e. The molecule has 2 aromatic carbocycles. The molecule has 0 N–H and O–H groups in total. The molecule has 0 radical (unpaired) electrons. The lowest BCUT2D eigenvalue weighted by molar-refractivity contribution is -0.120. The maximum Gasteiger partial charge on any atom is 0.332 e. The summed E-state index contributed by atoms with van der Waals surface area (Å²) in [5.74, 6) is -0.251. The van der Waals surface area contributed by atoms with E-state index in [4.69, 9.17) is 0 Å². The van der Waals surface area contributed by atoms with Gasteiger partial charge in [-0.2, -0.15) is 0 Å². The molecule has 2 aliphatic heterocycles. The number of urea groups is 1. The first-order valence-electron chi connectivity index (χ1n) is 7.88. The normalized spacial score (nSPS) is 19.3. The van der Waals surface area contributed by atoms with E-state index in [2.05, 4.69) is 0 Å². The van der Waals surface area contributed by atoms with Crippen LogP contribution in [0.2, 0.25) is 0 Å². The smallest absolute Gasteiger partial charge is 0.307 e.